The Morgan fingerprint density at radius 2 is 2.07 bits per heavy atom. The van der Waals surface area contributed by atoms with Gasteiger partial charge in [-0.25, -0.2) is 17.2 Å². The highest BCUT2D eigenvalue weighted by molar-refractivity contribution is 14.1. The molecule has 14 heavy (non-hydrogen) atoms. The van der Waals surface area contributed by atoms with Crippen LogP contribution in [0, 0.1) is 3.57 Å². The summed E-state index contributed by atoms with van der Waals surface area (Å²) >= 11 is 1.76. The first-order valence-corrected chi connectivity index (χ1v) is 6.59. The maximum Gasteiger partial charge on any atom is 0.281 e. The van der Waals surface area contributed by atoms with Crippen LogP contribution in [0.25, 0.3) is 0 Å². The molecule has 0 radical (unpaired) electrons. The molecule has 3 nitrogen and oxygen atoms in total. The number of halogens is 4. The van der Waals surface area contributed by atoms with Crippen molar-refractivity contribution in [3.63, 3.8) is 0 Å². The Labute approximate surface area is 97.0 Å². The topological polar surface area (TPSA) is 47.0 Å². The van der Waals surface area contributed by atoms with Crippen molar-refractivity contribution < 1.29 is 17.2 Å². The standard InChI is InChI=1S/C6H3ClF2INO2S/c7-14(12,13)4-1-3(10)2-11-5(4)6(8)9/h1-2,6H. The van der Waals surface area contributed by atoms with Gasteiger partial charge in [0.2, 0.25) is 0 Å². The molecule has 0 bridgehead atoms. The third-order valence-electron chi connectivity index (χ3n) is 1.32. The molecule has 1 rings (SSSR count). The summed E-state index contributed by atoms with van der Waals surface area (Å²) in [5, 5.41) is 0. The van der Waals surface area contributed by atoms with Crippen LogP contribution < -0.4 is 0 Å². The largest absolute Gasteiger partial charge is 0.281 e. The molecule has 1 aromatic rings. The lowest BCUT2D eigenvalue weighted by Gasteiger charge is -2.04. The molecule has 0 unspecified atom stereocenters. The van der Waals surface area contributed by atoms with Gasteiger partial charge in [-0.3, -0.25) is 4.98 Å². The second-order valence-electron chi connectivity index (χ2n) is 2.28. The lowest BCUT2D eigenvalue weighted by Crippen LogP contribution is -2.02. The van der Waals surface area contributed by atoms with Gasteiger partial charge in [0.15, 0.2) is 0 Å². The fourth-order valence-electron chi connectivity index (χ4n) is 0.790. The summed E-state index contributed by atoms with van der Waals surface area (Å²) in [6.45, 7) is 0. The van der Waals surface area contributed by atoms with Crippen LogP contribution in [0.4, 0.5) is 8.78 Å². The Morgan fingerprint density at radius 1 is 1.50 bits per heavy atom. The van der Waals surface area contributed by atoms with Crippen LogP contribution in [0.15, 0.2) is 17.2 Å². The monoisotopic (exact) mass is 353 g/mol. The molecule has 0 atom stereocenters. The van der Waals surface area contributed by atoms with Gasteiger partial charge >= 0.3 is 0 Å². The average Bonchev–Trinajstić information content (AvgIpc) is 2.01. The minimum absolute atomic E-state index is 0.422. The Kier molecular flexibility index (Phi) is 3.64. The van der Waals surface area contributed by atoms with Crippen molar-refractivity contribution in [1.82, 2.24) is 4.98 Å². The Morgan fingerprint density at radius 3 is 2.50 bits per heavy atom. The van der Waals surface area contributed by atoms with Crippen molar-refractivity contribution in [2.45, 2.75) is 11.3 Å². The Hall–Kier alpha value is -0.0200. The van der Waals surface area contributed by atoms with Crippen LogP contribution in [0.5, 0.6) is 0 Å². The van der Waals surface area contributed by atoms with Crippen LogP contribution >= 0.6 is 33.3 Å². The quantitative estimate of drug-likeness (QED) is 0.606. The van der Waals surface area contributed by atoms with Crippen molar-refractivity contribution in [2.24, 2.45) is 0 Å². The molecule has 0 fully saturated rings. The van der Waals surface area contributed by atoms with E-state index in [4.69, 9.17) is 10.7 Å². The predicted octanol–water partition coefficient (Wildman–Crippen LogP) is 2.55. The summed E-state index contributed by atoms with van der Waals surface area (Å²) in [6, 6.07) is 1.05. The maximum atomic E-state index is 12.3. The first kappa shape index (κ1) is 12.1. The average molecular weight is 354 g/mol. The lowest BCUT2D eigenvalue weighted by molar-refractivity contribution is 0.142. The summed E-state index contributed by atoms with van der Waals surface area (Å²) in [7, 11) is 0.799. The van der Waals surface area contributed by atoms with E-state index in [1.165, 1.54) is 0 Å². The SMILES string of the molecule is O=S(=O)(Cl)c1cc(I)cnc1C(F)F. The van der Waals surface area contributed by atoms with Gasteiger partial charge in [0, 0.05) is 20.4 Å². The van der Waals surface area contributed by atoms with E-state index in [0.29, 0.717) is 3.57 Å². The second-order valence-corrected chi connectivity index (χ2v) is 6.06. The first-order valence-electron chi connectivity index (χ1n) is 3.20. The molecule has 8 heteroatoms. The summed E-state index contributed by atoms with van der Waals surface area (Å²) in [5.74, 6) is 0. The van der Waals surface area contributed by atoms with Gasteiger partial charge in [-0.15, -0.1) is 0 Å². The van der Waals surface area contributed by atoms with Gasteiger partial charge in [0.1, 0.15) is 10.6 Å². The van der Waals surface area contributed by atoms with Crippen LogP contribution in [-0.4, -0.2) is 13.4 Å². The minimum Gasteiger partial charge on any atom is -0.253 e. The van der Waals surface area contributed by atoms with Crippen LogP contribution in [0.3, 0.4) is 0 Å². The summed E-state index contributed by atoms with van der Waals surface area (Å²) < 4.78 is 46.8. The third-order valence-corrected chi connectivity index (χ3v) is 3.26. The first-order chi connectivity index (χ1) is 6.32. The zero-order valence-electron chi connectivity index (χ0n) is 6.42. The molecule has 0 spiro atoms. The smallest absolute Gasteiger partial charge is 0.253 e. The fourth-order valence-corrected chi connectivity index (χ4v) is 2.48. The lowest BCUT2D eigenvalue weighted by atomic mass is 10.4. The van der Waals surface area contributed by atoms with E-state index in [9.17, 15) is 17.2 Å². The fraction of sp³-hybridized carbons (Fsp3) is 0.167. The van der Waals surface area contributed by atoms with Gasteiger partial charge < -0.3 is 0 Å². The van der Waals surface area contributed by atoms with E-state index < -0.39 is 26.1 Å². The normalized spacial score (nSPS) is 12.1. The number of pyridine rings is 1. The third kappa shape index (κ3) is 2.74. The number of hydrogen-bond acceptors (Lipinski definition) is 3. The van der Waals surface area contributed by atoms with Gasteiger partial charge in [-0.1, -0.05) is 0 Å². The molecule has 0 aliphatic heterocycles. The highest BCUT2D eigenvalue weighted by atomic mass is 127. The van der Waals surface area contributed by atoms with Crippen molar-refractivity contribution in [3.8, 4) is 0 Å². The van der Waals surface area contributed by atoms with Gasteiger partial charge in [0.25, 0.3) is 15.5 Å². The molecule has 0 aliphatic carbocycles. The number of alkyl halides is 2. The number of nitrogens with zero attached hydrogens (tertiary/aromatic N) is 1. The van der Waals surface area contributed by atoms with E-state index in [0.717, 1.165) is 12.3 Å². The minimum atomic E-state index is -4.18. The number of aromatic nitrogens is 1. The molecular formula is C6H3ClF2INO2S. The summed E-state index contributed by atoms with van der Waals surface area (Å²) in [5.41, 5.74) is -0.819. The highest BCUT2D eigenvalue weighted by Crippen LogP contribution is 2.27. The molecule has 0 amide bonds. The molecular weight excluding hydrogens is 350 g/mol. The van der Waals surface area contributed by atoms with E-state index in [-0.39, 0.29) is 0 Å². The molecule has 0 aliphatic rings. The van der Waals surface area contributed by atoms with Crippen LogP contribution in [0.1, 0.15) is 12.1 Å². The zero-order chi connectivity index (χ0) is 10.9. The molecule has 1 heterocycles. The van der Waals surface area contributed by atoms with Crippen LogP contribution in [-0.2, 0) is 9.05 Å². The second kappa shape index (κ2) is 4.23. The molecule has 0 saturated heterocycles. The number of hydrogen-bond donors (Lipinski definition) is 0. The summed E-state index contributed by atoms with van der Waals surface area (Å²) in [4.78, 5) is 2.69. The molecule has 78 valence electrons. The van der Waals surface area contributed by atoms with Crippen molar-refractivity contribution in [1.29, 1.82) is 0 Å². The Balaban J connectivity index is 3.46. The van der Waals surface area contributed by atoms with E-state index in [1.54, 1.807) is 22.6 Å². The maximum absolute atomic E-state index is 12.3. The number of rotatable bonds is 2. The van der Waals surface area contributed by atoms with Crippen molar-refractivity contribution in [3.05, 3.63) is 21.5 Å². The zero-order valence-corrected chi connectivity index (χ0v) is 10.1. The highest BCUT2D eigenvalue weighted by Gasteiger charge is 2.23. The summed E-state index contributed by atoms with van der Waals surface area (Å²) in [6.07, 6.45) is -1.82. The van der Waals surface area contributed by atoms with Crippen molar-refractivity contribution >= 4 is 42.3 Å². The predicted molar refractivity (Wildman–Crippen MR) is 54.9 cm³/mol. The molecule has 0 aromatic carbocycles. The van der Waals surface area contributed by atoms with Gasteiger partial charge in [0.05, 0.1) is 0 Å². The van der Waals surface area contributed by atoms with E-state index in [1.807, 2.05) is 0 Å². The van der Waals surface area contributed by atoms with E-state index >= 15 is 0 Å². The van der Waals surface area contributed by atoms with Crippen molar-refractivity contribution in [2.75, 3.05) is 0 Å². The van der Waals surface area contributed by atoms with Gasteiger partial charge in [-0.05, 0) is 28.7 Å². The molecule has 0 N–H and O–H groups in total. The van der Waals surface area contributed by atoms with E-state index in [2.05, 4.69) is 4.98 Å². The Bertz CT molecular complexity index is 451. The van der Waals surface area contributed by atoms with Gasteiger partial charge in [-0.2, -0.15) is 0 Å². The van der Waals surface area contributed by atoms with Crippen LogP contribution in [0.2, 0.25) is 0 Å². The molecule has 0 saturated carbocycles. The molecule has 1 aromatic heterocycles.